The van der Waals surface area contributed by atoms with Crippen molar-refractivity contribution in [3.63, 3.8) is 0 Å². The second-order valence-electron chi connectivity index (χ2n) is 7.54. The molecule has 0 saturated carbocycles. The van der Waals surface area contributed by atoms with Crippen LogP contribution in [0.1, 0.15) is 43.6 Å². The summed E-state index contributed by atoms with van der Waals surface area (Å²) in [5.41, 5.74) is 0.717. The molecule has 29 heavy (non-hydrogen) atoms. The molecule has 0 bridgehead atoms. The summed E-state index contributed by atoms with van der Waals surface area (Å²) < 4.78 is 6.07. The van der Waals surface area contributed by atoms with Crippen molar-refractivity contribution in [1.82, 2.24) is 14.8 Å². The number of hydrogen-bond acceptors (Lipinski definition) is 6. The van der Waals surface area contributed by atoms with Crippen molar-refractivity contribution in [2.75, 3.05) is 26.7 Å². The van der Waals surface area contributed by atoms with Crippen LogP contribution < -0.4 is 4.74 Å². The molecule has 1 aromatic rings. The Labute approximate surface area is 171 Å². The van der Waals surface area contributed by atoms with E-state index in [-0.39, 0.29) is 41.9 Å². The summed E-state index contributed by atoms with van der Waals surface area (Å²) in [6.07, 6.45) is 0.299. The van der Waals surface area contributed by atoms with Gasteiger partial charge in [0.15, 0.2) is 0 Å². The monoisotopic (exact) mass is 403 g/mol. The topological polar surface area (TPSA) is 103 Å². The smallest absolute Gasteiger partial charge is 0.259 e. The first-order chi connectivity index (χ1) is 13.6. The van der Waals surface area contributed by atoms with E-state index in [9.17, 15) is 19.8 Å². The highest BCUT2D eigenvalue weighted by Gasteiger charge is 2.34. The summed E-state index contributed by atoms with van der Waals surface area (Å²) in [6.45, 7) is 7.27. The van der Waals surface area contributed by atoms with Crippen LogP contribution >= 0.6 is 0 Å². The van der Waals surface area contributed by atoms with Gasteiger partial charge in [-0.25, -0.2) is 4.98 Å². The third kappa shape index (κ3) is 5.68. The maximum absolute atomic E-state index is 13.2. The highest BCUT2D eigenvalue weighted by Crippen LogP contribution is 2.27. The summed E-state index contributed by atoms with van der Waals surface area (Å²) in [7, 11) is 1.69. The maximum atomic E-state index is 13.2. The lowest BCUT2D eigenvalue weighted by Gasteiger charge is -2.37. The Morgan fingerprint density at radius 2 is 2.17 bits per heavy atom. The van der Waals surface area contributed by atoms with Crippen LogP contribution in [0.25, 0.3) is 0 Å². The standard InChI is InChI=1S/C21H29N3O5/c1-13-10-24(14(2)12-25)21(28)18-8-17(7-6-15(3)26)9-22-20(18)29-19(13)11-23(5)16(4)27/h8-9,13-15,19,25-26H,10-12H2,1-5H3/t13-,14+,15+,19+/m0/s1. The Bertz CT molecular complexity index is 814. The van der Waals surface area contributed by atoms with Crippen molar-refractivity contribution in [2.24, 2.45) is 5.92 Å². The third-order valence-corrected chi connectivity index (χ3v) is 4.94. The van der Waals surface area contributed by atoms with Crippen LogP contribution in [0.3, 0.4) is 0 Å². The molecule has 0 unspecified atom stereocenters. The van der Waals surface area contributed by atoms with Gasteiger partial charge in [-0.05, 0) is 19.9 Å². The molecule has 2 rings (SSSR count). The summed E-state index contributed by atoms with van der Waals surface area (Å²) in [6, 6.07) is 1.19. The van der Waals surface area contributed by atoms with Gasteiger partial charge in [0.05, 0.1) is 19.2 Å². The molecule has 1 aromatic heterocycles. The Morgan fingerprint density at radius 3 is 2.76 bits per heavy atom. The summed E-state index contributed by atoms with van der Waals surface area (Å²) in [5.74, 6) is 5.09. The van der Waals surface area contributed by atoms with Crippen LogP contribution in [0.5, 0.6) is 5.88 Å². The van der Waals surface area contributed by atoms with Crippen molar-refractivity contribution in [3.8, 4) is 17.7 Å². The van der Waals surface area contributed by atoms with Crippen molar-refractivity contribution < 1.29 is 24.5 Å². The lowest BCUT2D eigenvalue weighted by molar-refractivity contribution is -0.129. The average molecular weight is 403 g/mol. The van der Waals surface area contributed by atoms with E-state index in [2.05, 4.69) is 16.8 Å². The fourth-order valence-electron chi connectivity index (χ4n) is 2.97. The van der Waals surface area contributed by atoms with Crippen LogP contribution in [0.4, 0.5) is 0 Å². The molecule has 1 aliphatic rings. The Kier molecular flexibility index (Phi) is 7.59. The number of nitrogens with zero attached hydrogens (tertiary/aromatic N) is 3. The Morgan fingerprint density at radius 1 is 1.48 bits per heavy atom. The van der Waals surface area contributed by atoms with Gasteiger partial charge >= 0.3 is 0 Å². The normalized spacial score (nSPS) is 20.9. The number of aromatic nitrogens is 1. The predicted octanol–water partition coefficient (Wildman–Crippen LogP) is 0.512. The van der Waals surface area contributed by atoms with E-state index in [1.807, 2.05) is 6.92 Å². The molecule has 0 fully saturated rings. The molecule has 8 heteroatoms. The average Bonchev–Trinajstić information content (AvgIpc) is 2.68. The van der Waals surface area contributed by atoms with Crippen LogP contribution in [-0.4, -0.2) is 81.8 Å². The molecule has 2 amide bonds. The van der Waals surface area contributed by atoms with E-state index in [4.69, 9.17) is 4.74 Å². The number of fused-ring (bicyclic) bond motifs is 1. The fraction of sp³-hybridized carbons (Fsp3) is 0.571. The van der Waals surface area contributed by atoms with E-state index in [1.54, 1.807) is 36.8 Å². The van der Waals surface area contributed by atoms with Gasteiger partial charge in [0.25, 0.3) is 5.91 Å². The van der Waals surface area contributed by atoms with E-state index < -0.39 is 12.1 Å². The van der Waals surface area contributed by atoms with E-state index in [0.29, 0.717) is 18.7 Å². The number of likely N-dealkylation sites (N-methyl/N-ethyl adjacent to an activating group) is 1. The van der Waals surface area contributed by atoms with E-state index >= 15 is 0 Å². The van der Waals surface area contributed by atoms with Crippen LogP contribution in [-0.2, 0) is 4.79 Å². The van der Waals surface area contributed by atoms with E-state index in [0.717, 1.165) is 0 Å². The minimum absolute atomic E-state index is 0.0866. The number of ether oxygens (including phenoxy) is 1. The molecule has 0 aliphatic carbocycles. The quantitative estimate of drug-likeness (QED) is 0.710. The van der Waals surface area contributed by atoms with Crippen LogP contribution in [0, 0.1) is 17.8 Å². The molecular weight excluding hydrogens is 374 g/mol. The lowest BCUT2D eigenvalue weighted by atomic mass is 10.00. The van der Waals surface area contributed by atoms with Gasteiger partial charge in [-0.3, -0.25) is 9.59 Å². The predicted molar refractivity (Wildman–Crippen MR) is 107 cm³/mol. The van der Waals surface area contributed by atoms with Gasteiger partial charge in [0, 0.05) is 38.2 Å². The molecule has 1 aliphatic heterocycles. The molecule has 2 heterocycles. The highest BCUT2D eigenvalue weighted by molar-refractivity contribution is 5.97. The molecular formula is C21H29N3O5. The van der Waals surface area contributed by atoms with Crippen LogP contribution in [0.15, 0.2) is 12.3 Å². The summed E-state index contributed by atoms with van der Waals surface area (Å²) in [5, 5.41) is 19.0. The number of aliphatic hydroxyl groups excluding tert-OH is 2. The SMILES string of the molecule is CC(=O)N(C)C[C@H]1Oc2ncc(C#C[C@@H](C)O)cc2C(=O)N([C@H](C)CO)C[C@@H]1C. The minimum Gasteiger partial charge on any atom is -0.472 e. The first kappa shape index (κ1) is 22.7. The zero-order valence-electron chi connectivity index (χ0n) is 17.5. The van der Waals surface area contributed by atoms with Gasteiger partial charge in [-0.1, -0.05) is 18.8 Å². The molecule has 0 spiro atoms. The first-order valence-electron chi connectivity index (χ1n) is 9.63. The van der Waals surface area contributed by atoms with Crippen molar-refractivity contribution in [3.05, 3.63) is 23.4 Å². The maximum Gasteiger partial charge on any atom is 0.259 e. The first-order valence-corrected chi connectivity index (χ1v) is 9.63. The molecule has 0 radical (unpaired) electrons. The van der Waals surface area contributed by atoms with Gasteiger partial charge < -0.3 is 24.7 Å². The molecule has 158 valence electrons. The van der Waals surface area contributed by atoms with Gasteiger partial charge in [0.1, 0.15) is 17.8 Å². The van der Waals surface area contributed by atoms with Gasteiger partial charge in [-0.2, -0.15) is 0 Å². The number of pyridine rings is 1. The second-order valence-corrected chi connectivity index (χ2v) is 7.54. The third-order valence-electron chi connectivity index (χ3n) is 4.94. The van der Waals surface area contributed by atoms with Gasteiger partial charge in [-0.15, -0.1) is 0 Å². The van der Waals surface area contributed by atoms with Crippen molar-refractivity contribution >= 4 is 11.8 Å². The Balaban J connectivity index is 2.49. The number of aliphatic hydroxyl groups is 2. The number of rotatable bonds is 4. The van der Waals surface area contributed by atoms with Crippen molar-refractivity contribution in [1.29, 1.82) is 0 Å². The van der Waals surface area contributed by atoms with Crippen molar-refractivity contribution in [2.45, 2.75) is 45.9 Å². The number of hydrogen-bond donors (Lipinski definition) is 2. The molecule has 0 aromatic carbocycles. The van der Waals surface area contributed by atoms with E-state index in [1.165, 1.54) is 13.1 Å². The zero-order valence-corrected chi connectivity index (χ0v) is 17.5. The Hall–Kier alpha value is -2.63. The second kappa shape index (κ2) is 9.72. The molecule has 2 N–H and O–H groups in total. The molecule has 8 nitrogen and oxygen atoms in total. The molecule has 0 saturated heterocycles. The number of carbonyl (C=O) groups excluding carboxylic acids is 2. The zero-order chi connectivity index (χ0) is 21.7. The number of amides is 2. The number of carbonyl (C=O) groups is 2. The molecule has 4 atom stereocenters. The van der Waals surface area contributed by atoms with Crippen LogP contribution in [0.2, 0.25) is 0 Å². The largest absolute Gasteiger partial charge is 0.472 e. The minimum atomic E-state index is -0.804. The fourth-order valence-corrected chi connectivity index (χ4v) is 2.97. The lowest BCUT2D eigenvalue weighted by Crippen LogP contribution is -2.50. The summed E-state index contributed by atoms with van der Waals surface area (Å²) >= 11 is 0. The highest BCUT2D eigenvalue weighted by atomic mass is 16.5. The summed E-state index contributed by atoms with van der Waals surface area (Å²) in [4.78, 5) is 32.3. The van der Waals surface area contributed by atoms with Gasteiger partial charge in [0.2, 0.25) is 11.8 Å².